The molecule has 2 N–H and O–H groups in total. The Morgan fingerprint density at radius 3 is 2.87 bits per heavy atom. The van der Waals surface area contributed by atoms with E-state index in [1.54, 1.807) is 0 Å². The van der Waals surface area contributed by atoms with Crippen LogP contribution in [0.15, 0.2) is 28.7 Å². The van der Waals surface area contributed by atoms with Crippen LogP contribution in [-0.4, -0.2) is 13.2 Å². The van der Waals surface area contributed by atoms with Crippen molar-refractivity contribution >= 4 is 15.9 Å². The van der Waals surface area contributed by atoms with E-state index < -0.39 is 0 Å². The molecule has 0 heterocycles. The van der Waals surface area contributed by atoms with Crippen molar-refractivity contribution in [3.05, 3.63) is 28.7 Å². The molecular formula is C12H18BrNO. The average Bonchev–Trinajstić information content (AvgIpc) is 2.25. The number of halogens is 1. The first kappa shape index (κ1) is 12.5. The lowest BCUT2D eigenvalue weighted by Gasteiger charge is -2.12. The van der Waals surface area contributed by atoms with E-state index in [4.69, 9.17) is 10.5 Å². The van der Waals surface area contributed by atoms with Crippen LogP contribution in [0, 0.1) is 5.92 Å². The van der Waals surface area contributed by atoms with Gasteiger partial charge in [-0.15, -0.1) is 0 Å². The molecule has 84 valence electrons. The minimum atomic E-state index is 0.581. The molecule has 0 aromatic heterocycles. The van der Waals surface area contributed by atoms with Gasteiger partial charge in [0.25, 0.3) is 0 Å². The fourth-order valence-electron chi connectivity index (χ4n) is 1.39. The Bertz CT molecular complexity index is 287. The number of ether oxygens (including phenoxy) is 1. The van der Waals surface area contributed by atoms with Gasteiger partial charge in [-0.05, 0) is 37.1 Å². The summed E-state index contributed by atoms with van der Waals surface area (Å²) in [6, 6.07) is 7.90. The van der Waals surface area contributed by atoms with Crippen LogP contribution in [0.5, 0.6) is 5.75 Å². The topological polar surface area (TPSA) is 35.2 Å². The van der Waals surface area contributed by atoms with Crippen LogP contribution in [0.3, 0.4) is 0 Å². The monoisotopic (exact) mass is 271 g/mol. The zero-order valence-corrected chi connectivity index (χ0v) is 10.7. The Hall–Kier alpha value is -0.540. The molecule has 0 radical (unpaired) electrons. The van der Waals surface area contributed by atoms with Crippen molar-refractivity contribution in [2.24, 2.45) is 11.7 Å². The molecule has 1 aromatic carbocycles. The Labute approximate surface area is 99.9 Å². The standard InChI is InChI=1S/C12H18BrNO/c1-2-10(9-14)6-7-15-12-5-3-4-11(13)8-12/h3-5,8,10H,2,6-7,9,14H2,1H3. The van der Waals surface area contributed by atoms with E-state index in [1.807, 2.05) is 24.3 Å². The van der Waals surface area contributed by atoms with E-state index >= 15 is 0 Å². The number of hydrogen-bond donors (Lipinski definition) is 1. The van der Waals surface area contributed by atoms with Crippen LogP contribution in [0.25, 0.3) is 0 Å². The van der Waals surface area contributed by atoms with Crippen molar-refractivity contribution in [3.63, 3.8) is 0 Å². The molecule has 0 bridgehead atoms. The molecule has 0 amide bonds. The summed E-state index contributed by atoms with van der Waals surface area (Å²) in [7, 11) is 0. The number of benzene rings is 1. The summed E-state index contributed by atoms with van der Waals surface area (Å²) < 4.78 is 6.68. The van der Waals surface area contributed by atoms with Crippen LogP contribution in [0.1, 0.15) is 19.8 Å². The fraction of sp³-hybridized carbons (Fsp3) is 0.500. The summed E-state index contributed by atoms with van der Waals surface area (Å²) >= 11 is 3.41. The Balaban J connectivity index is 2.31. The Morgan fingerprint density at radius 2 is 2.27 bits per heavy atom. The molecule has 15 heavy (non-hydrogen) atoms. The first-order chi connectivity index (χ1) is 7.26. The van der Waals surface area contributed by atoms with Crippen molar-refractivity contribution in [2.45, 2.75) is 19.8 Å². The van der Waals surface area contributed by atoms with Crippen LogP contribution in [0.4, 0.5) is 0 Å². The van der Waals surface area contributed by atoms with E-state index in [9.17, 15) is 0 Å². The first-order valence-corrected chi connectivity index (χ1v) is 6.14. The van der Waals surface area contributed by atoms with Crippen molar-refractivity contribution in [3.8, 4) is 5.75 Å². The highest BCUT2D eigenvalue weighted by atomic mass is 79.9. The number of nitrogens with two attached hydrogens (primary N) is 1. The van der Waals surface area contributed by atoms with E-state index in [-0.39, 0.29) is 0 Å². The summed E-state index contributed by atoms with van der Waals surface area (Å²) in [4.78, 5) is 0. The van der Waals surface area contributed by atoms with Crippen molar-refractivity contribution in [1.29, 1.82) is 0 Å². The van der Waals surface area contributed by atoms with Gasteiger partial charge in [0.05, 0.1) is 6.61 Å². The highest BCUT2D eigenvalue weighted by molar-refractivity contribution is 9.10. The van der Waals surface area contributed by atoms with Crippen LogP contribution >= 0.6 is 15.9 Å². The molecule has 0 aliphatic heterocycles. The summed E-state index contributed by atoms with van der Waals surface area (Å²) in [6.07, 6.45) is 2.15. The van der Waals surface area contributed by atoms with Gasteiger partial charge in [-0.1, -0.05) is 35.3 Å². The van der Waals surface area contributed by atoms with Crippen molar-refractivity contribution < 1.29 is 4.74 Å². The third-order valence-corrected chi connectivity index (χ3v) is 2.99. The van der Waals surface area contributed by atoms with Gasteiger partial charge in [0, 0.05) is 4.47 Å². The maximum atomic E-state index is 5.64. The quantitative estimate of drug-likeness (QED) is 0.863. The Kier molecular flexibility index (Phi) is 5.73. The maximum Gasteiger partial charge on any atom is 0.120 e. The van der Waals surface area contributed by atoms with E-state index in [2.05, 4.69) is 22.9 Å². The fourth-order valence-corrected chi connectivity index (χ4v) is 1.77. The third kappa shape index (κ3) is 4.67. The molecule has 1 aromatic rings. The van der Waals surface area contributed by atoms with Gasteiger partial charge >= 0.3 is 0 Å². The van der Waals surface area contributed by atoms with E-state index in [0.29, 0.717) is 5.92 Å². The molecule has 0 spiro atoms. The third-order valence-electron chi connectivity index (χ3n) is 2.50. The molecular weight excluding hydrogens is 254 g/mol. The largest absolute Gasteiger partial charge is 0.494 e. The number of hydrogen-bond acceptors (Lipinski definition) is 2. The summed E-state index contributed by atoms with van der Waals surface area (Å²) in [5.74, 6) is 1.49. The molecule has 3 heteroatoms. The second-order valence-electron chi connectivity index (χ2n) is 3.60. The highest BCUT2D eigenvalue weighted by Gasteiger charge is 2.03. The predicted octanol–water partition coefficient (Wildman–Crippen LogP) is 3.20. The zero-order valence-electron chi connectivity index (χ0n) is 9.08. The molecule has 0 aliphatic carbocycles. The van der Waals surface area contributed by atoms with Gasteiger partial charge in [-0.2, -0.15) is 0 Å². The lowest BCUT2D eigenvalue weighted by Crippen LogP contribution is -2.16. The molecule has 1 atom stereocenters. The second-order valence-corrected chi connectivity index (χ2v) is 4.52. The molecule has 2 nitrogen and oxygen atoms in total. The SMILES string of the molecule is CCC(CN)CCOc1cccc(Br)c1. The van der Waals surface area contributed by atoms with Crippen molar-refractivity contribution in [1.82, 2.24) is 0 Å². The van der Waals surface area contributed by atoms with Gasteiger partial charge in [0.1, 0.15) is 5.75 Å². The first-order valence-electron chi connectivity index (χ1n) is 5.34. The molecule has 1 unspecified atom stereocenters. The van der Waals surface area contributed by atoms with E-state index in [1.165, 1.54) is 0 Å². The lowest BCUT2D eigenvalue weighted by molar-refractivity contribution is 0.277. The molecule has 1 rings (SSSR count). The van der Waals surface area contributed by atoms with Crippen LogP contribution in [-0.2, 0) is 0 Å². The molecule has 0 fully saturated rings. The maximum absolute atomic E-state index is 5.64. The van der Waals surface area contributed by atoms with Crippen LogP contribution < -0.4 is 10.5 Å². The highest BCUT2D eigenvalue weighted by Crippen LogP contribution is 2.18. The molecule has 0 saturated heterocycles. The summed E-state index contributed by atoms with van der Waals surface area (Å²) in [6.45, 7) is 3.65. The van der Waals surface area contributed by atoms with Gasteiger partial charge in [0.2, 0.25) is 0 Å². The number of rotatable bonds is 6. The summed E-state index contributed by atoms with van der Waals surface area (Å²) in [5, 5.41) is 0. The van der Waals surface area contributed by atoms with Gasteiger partial charge in [-0.3, -0.25) is 0 Å². The van der Waals surface area contributed by atoms with Crippen LogP contribution in [0.2, 0.25) is 0 Å². The van der Waals surface area contributed by atoms with E-state index in [0.717, 1.165) is 36.2 Å². The molecule has 0 saturated carbocycles. The smallest absolute Gasteiger partial charge is 0.120 e. The van der Waals surface area contributed by atoms with Gasteiger partial charge < -0.3 is 10.5 Å². The van der Waals surface area contributed by atoms with Gasteiger partial charge in [-0.25, -0.2) is 0 Å². The summed E-state index contributed by atoms with van der Waals surface area (Å²) in [5.41, 5.74) is 5.62. The minimum absolute atomic E-state index is 0.581. The average molecular weight is 272 g/mol. The zero-order chi connectivity index (χ0) is 11.1. The van der Waals surface area contributed by atoms with Gasteiger partial charge in [0.15, 0.2) is 0 Å². The normalized spacial score (nSPS) is 12.5. The molecule has 0 aliphatic rings. The van der Waals surface area contributed by atoms with Crippen molar-refractivity contribution in [2.75, 3.05) is 13.2 Å². The lowest BCUT2D eigenvalue weighted by atomic mass is 10.0. The minimum Gasteiger partial charge on any atom is -0.494 e. The second kappa shape index (κ2) is 6.85. The Morgan fingerprint density at radius 1 is 1.47 bits per heavy atom. The predicted molar refractivity (Wildman–Crippen MR) is 67.1 cm³/mol.